The smallest absolute Gasteiger partial charge is 0.246 e. The number of hydrogen-bond acceptors (Lipinski definition) is 3. The van der Waals surface area contributed by atoms with Gasteiger partial charge in [0.25, 0.3) is 0 Å². The zero-order valence-corrected chi connectivity index (χ0v) is 19.8. The zero-order chi connectivity index (χ0) is 17.8. The summed E-state index contributed by atoms with van der Waals surface area (Å²) >= 11 is 5.27. The van der Waals surface area contributed by atoms with Gasteiger partial charge in [-0.3, -0.25) is 4.79 Å². The maximum absolute atomic E-state index is 12.1. The van der Waals surface area contributed by atoms with Crippen molar-refractivity contribution in [3.05, 3.63) is 28.2 Å². The summed E-state index contributed by atoms with van der Waals surface area (Å²) in [6, 6.07) is 5.81. The Kier molecular flexibility index (Phi) is 14.4. The summed E-state index contributed by atoms with van der Waals surface area (Å²) in [5.41, 5.74) is 1.83. The molecule has 1 rings (SSSR count). The van der Waals surface area contributed by atoms with Crippen LogP contribution in [0.25, 0.3) is 0 Å². The Morgan fingerprint density at radius 3 is 2.72 bits per heavy atom. The van der Waals surface area contributed by atoms with Gasteiger partial charge < -0.3 is 16.0 Å². The van der Waals surface area contributed by atoms with Crippen LogP contribution in [0.3, 0.4) is 0 Å². The topological polar surface area (TPSA) is 65.5 Å². The third-order valence-electron chi connectivity index (χ3n) is 3.27. The first-order valence-corrected chi connectivity index (χ1v) is 10.3. The highest BCUT2D eigenvalue weighted by atomic mass is 127. The number of nitrogens with one attached hydrogen (secondary N) is 3. The van der Waals surface area contributed by atoms with E-state index >= 15 is 0 Å². The van der Waals surface area contributed by atoms with Gasteiger partial charge in [-0.2, -0.15) is 11.8 Å². The Morgan fingerprint density at radius 2 is 2.04 bits per heavy atom. The minimum absolute atomic E-state index is 0. The van der Waals surface area contributed by atoms with E-state index in [1.165, 1.54) is 12.2 Å². The molecule has 0 saturated heterocycles. The van der Waals surface area contributed by atoms with E-state index in [-0.39, 0.29) is 36.4 Å². The minimum atomic E-state index is -0.129. The summed E-state index contributed by atoms with van der Waals surface area (Å²) in [5.74, 6) is 1.72. The lowest BCUT2D eigenvalue weighted by Gasteiger charge is -2.11. The van der Waals surface area contributed by atoms with Crippen molar-refractivity contribution >= 4 is 69.2 Å². The van der Waals surface area contributed by atoms with Gasteiger partial charge in [0.05, 0.1) is 0 Å². The van der Waals surface area contributed by atoms with E-state index in [4.69, 9.17) is 0 Å². The summed E-state index contributed by atoms with van der Waals surface area (Å²) in [6.07, 6.45) is 4.38. The molecule has 142 valence electrons. The monoisotopic (exact) mass is 542 g/mol. The van der Waals surface area contributed by atoms with Crippen molar-refractivity contribution in [3.8, 4) is 0 Å². The lowest BCUT2D eigenvalue weighted by Crippen LogP contribution is -2.38. The van der Waals surface area contributed by atoms with Gasteiger partial charge in [-0.05, 0) is 56.4 Å². The van der Waals surface area contributed by atoms with Crippen molar-refractivity contribution in [2.24, 2.45) is 4.99 Å². The molecule has 0 aliphatic heterocycles. The summed E-state index contributed by atoms with van der Waals surface area (Å²) in [7, 11) is 0. The molecule has 25 heavy (non-hydrogen) atoms. The summed E-state index contributed by atoms with van der Waals surface area (Å²) in [4.78, 5) is 16.5. The lowest BCUT2D eigenvalue weighted by atomic mass is 10.2. The van der Waals surface area contributed by atoms with Crippen LogP contribution in [0.15, 0.2) is 27.7 Å². The molecule has 0 bridgehead atoms. The highest BCUT2D eigenvalue weighted by Gasteiger charge is 2.06. The number of guanidine groups is 1. The van der Waals surface area contributed by atoms with E-state index in [1.807, 2.05) is 43.8 Å². The molecule has 0 radical (unpaired) electrons. The first kappa shape index (κ1) is 24.5. The number of aliphatic imine (C=N–C) groups is 1. The number of carbonyl (C=O) groups excluding carboxylic acids is 1. The fourth-order valence-electron chi connectivity index (χ4n) is 1.99. The molecule has 0 aromatic heterocycles. The van der Waals surface area contributed by atoms with E-state index < -0.39 is 0 Å². The third-order valence-corrected chi connectivity index (χ3v) is 4.46. The minimum Gasteiger partial charge on any atom is -0.357 e. The fourth-order valence-corrected chi connectivity index (χ4v) is 2.84. The Hall–Kier alpha value is -0.480. The number of anilines is 1. The average Bonchev–Trinajstić information content (AvgIpc) is 2.55. The standard InChI is InChI=1S/C17H27BrN4OS.HI/c1-4-19-17(20-9-5-6-10-24-3)21-12-16(23)22-15-11-14(18)8-7-13(15)2;/h7-8,11H,4-6,9-10,12H2,1-3H3,(H,22,23)(H2,19,20,21);1H. The van der Waals surface area contributed by atoms with Crippen LogP contribution in [0.1, 0.15) is 25.3 Å². The zero-order valence-electron chi connectivity index (χ0n) is 15.0. The molecule has 0 aliphatic rings. The van der Waals surface area contributed by atoms with Gasteiger partial charge in [-0.15, -0.1) is 24.0 Å². The number of carbonyl (C=O) groups is 1. The number of nitrogens with zero attached hydrogens (tertiary/aromatic N) is 1. The largest absolute Gasteiger partial charge is 0.357 e. The number of benzene rings is 1. The third kappa shape index (κ3) is 11.0. The summed E-state index contributed by atoms with van der Waals surface area (Å²) < 4.78 is 0.937. The normalized spacial score (nSPS) is 10.8. The van der Waals surface area contributed by atoms with Crippen molar-refractivity contribution in [2.75, 3.05) is 37.0 Å². The van der Waals surface area contributed by atoms with Gasteiger partial charge in [-0.1, -0.05) is 22.0 Å². The van der Waals surface area contributed by atoms with Crippen molar-refractivity contribution < 1.29 is 4.79 Å². The summed E-state index contributed by atoms with van der Waals surface area (Å²) in [5, 5.41) is 9.32. The second-order valence-electron chi connectivity index (χ2n) is 5.33. The predicted molar refractivity (Wildman–Crippen MR) is 125 cm³/mol. The average molecular weight is 543 g/mol. The van der Waals surface area contributed by atoms with Crippen molar-refractivity contribution in [1.82, 2.24) is 10.6 Å². The van der Waals surface area contributed by atoms with Crippen LogP contribution in [0.4, 0.5) is 5.69 Å². The maximum atomic E-state index is 12.1. The molecule has 0 aliphatic carbocycles. The molecule has 1 amide bonds. The number of unbranched alkanes of at least 4 members (excludes halogenated alkanes) is 1. The van der Waals surface area contributed by atoms with E-state index in [0.717, 1.165) is 35.2 Å². The van der Waals surface area contributed by atoms with Gasteiger partial charge in [0.15, 0.2) is 5.96 Å². The van der Waals surface area contributed by atoms with Gasteiger partial charge in [0.1, 0.15) is 6.54 Å². The van der Waals surface area contributed by atoms with Gasteiger partial charge in [0, 0.05) is 23.2 Å². The number of hydrogen-bond donors (Lipinski definition) is 3. The van der Waals surface area contributed by atoms with Crippen LogP contribution >= 0.6 is 51.7 Å². The molecule has 8 heteroatoms. The lowest BCUT2D eigenvalue weighted by molar-refractivity contribution is -0.114. The molecular weight excluding hydrogens is 515 g/mol. The fraction of sp³-hybridized carbons (Fsp3) is 0.529. The molecule has 1 aromatic rings. The van der Waals surface area contributed by atoms with E-state index in [1.54, 1.807) is 0 Å². The molecule has 0 heterocycles. The van der Waals surface area contributed by atoms with E-state index in [0.29, 0.717) is 5.96 Å². The molecule has 3 N–H and O–H groups in total. The number of amides is 1. The van der Waals surface area contributed by atoms with Crippen molar-refractivity contribution in [3.63, 3.8) is 0 Å². The Balaban J connectivity index is 0.00000576. The molecule has 0 saturated carbocycles. The first-order chi connectivity index (χ1) is 11.6. The highest BCUT2D eigenvalue weighted by Crippen LogP contribution is 2.20. The summed E-state index contributed by atoms with van der Waals surface area (Å²) in [6.45, 7) is 5.69. The first-order valence-electron chi connectivity index (χ1n) is 8.14. The van der Waals surface area contributed by atoms with Crippen LogP contribution in [-0.2, 0) is 4.79 Å². The second kappa shape index (κ2) is 14.7. The van der Waals surface area contributed by atoms with Gasteiger partial charge in [0.2, 0.25) is 5.91 Å². The Bertz CT molecular complexity index is 557. The SMILES string of the molecule is CCNC(=NCC(=O)Nc1cc(Br)ccc1C)NCCCCSC.I. The highest BCUT2D eigenvalue weighted by molar-refractivity contribution is 14.0. The van der Waals surface area contributed by atoms with Gasteiger partial charge in [-0.25, -0.2) is 4.99 Å². The van der Waals surface area contributed by atoms with Crippen LogP contribution in [0.5, 0.6) is 0 Å². The number of rotatable bonds is 9. The van der Waals surface area contributed by atoms with Crippen LogP contribution < -0.4 is 16.0 Å². The molecule has 1 aromatic carbocycles. The number of aryl methyl sites for hydroxylation is 1. The van der Waals surface area contributed by atoms with Crippen molar-refractivity contribution in [1.29, 1.82) is 0 Å². The molecule has 0 fully saturated rings. The van der Waals surface area contributed by atoms with Crippen LogP contribution in [-0.4, -0.2) is 43.5 Å². The molecule has 0 atom stereocenters. The van der Waals surface area contributed by atoms with Crippen molar-refractivity contribution in [2.45, 2.75) is 26.7 Å². The number of halogens is 2. The Morgan fingerprint density at radius 1 is 1.28 bits per heavy atom. The second-order valence-corrected chi connectivity index (χ2v) is 7.23. The quantitative estimate of drug-likeness (QED) is 0.191. The maximum Gasteiger partial charge on any atom is 0.246 e. The van der Waals surface area contributed by atoms with Crippen LogP contribution in [0.2, 0.25) is 0 Å². The van der Waals surface area contributed by atoms with E-state index in [9.17, 15) is 4.79 Å². The van der Waals surface area contributed by atoms with Gasteiger partial charge >= 0.3 is 0 Å². The number of thioether (sulfide) groups is 1. The molecule has 0 spiro atoms. The molecular formula is C17H28BrIN4OS. The van der Waals surface area contributed by atoms with E-state index in [2.05, 4.69) is 43.1 Å². The Labute approximate surface area is 180 Å². The molecule has 5 nitrogen and oxygen atoms in total. The predicted octanol–water partition coefficient (Wildman–Crippen LogP) is 4.01. The molecule has 0 unspecified atom stereocenters. The van der Waals surface area contributed by atoms with Crippen LogP contribution in [0, 0.1) is 6.92 Å².